The van der Waals surface area contributed by atoms with Gasteiger partial charge in [-0.15, -0.1) is 0 Å². The lowest BCUT2D eigenvalue weighted by molar-refractivity contribution is 0.0876. The number of ether oxygens (including phenoxy) is 5. The number of aliphatic hydroxyl groups is 3. The van der Waals surface area contributed by atoms with Crippen LogP contribution >= 0.6 is 0 Å². The first kappa shape index (κ1) is 36.6. The van der Waals surface area contributed by atoms with E-state index in [9.17, 15) is 20.4 Å². The normalized spacial score (nSPS) is 18.6. The standard InChI is InChI=1S/C41H49N3O9/c1-4-43-22-53-32-18-30(50-13-12-42-2)26-10-11-27-35-29(44-41(48)38(32)37(26)35)17-31-36(27)39(46)28(21-52-31)25-15-33(49-3)40(47)34(16-25)51-20-24(19-45)14-23-8-6-5-7-9-23/h5-9,15-18,24,28,39,41-48H,4,10-14,19-22H2,1-3H3/t24-,28-,39-,41+/m0/s1. The molecule has 1 aliphatic carbocycles. The minimum absolute atomic E-state index is 0.0882. The Kier molecular flexibility index (Phi) is 11.1. The van der Waals surface area contributed by atoms with Crippen molar-refractivity contribution in [2.75, 3.05) is 65.7 Å². The average Bonchev–Trinajstić information content (AvgIpc) is 3.17. The SMILES string of the molecule is CCNCOc1cc(OCCNC)c2c3c1[C@@H](O)Nc1cc4c(c(c1-3)CC2)[C@@H](O)[C@H](c1cc(OC)c(O)c(OC[C@H](CO)Cc2ccccc2)c1)CO4. The fourth-order valence-electron chi connectivity index (χ4n) is 7.70. The van der Waals surface area contributed by atoms with Crippen LogP contribution in [0.25, 0.3) is 11.1 Å². The Morgan fingerprint density at radius 2 is 1.72 bits per heavy atom. The summed E-state index contributed by atoms with van der Waals surface area (Å²) in [4.78, 5) is 0. The van der Waals surface area contributed by atoms with Gasteiger partial charge in [-0.2, -0.15) is 0 Å². The van der Waals surface area contributed by atoms with Crippen LogP contribution in [-0.4, -0.2) is 80.8 Å². The first-order valence-electron chi connectivity index (χ1n) is 18.3. The van der Waals surface area contributed by atoms with Crippen LogP contribution in [0.2, 0.25) is 0 Å². The van der Waals surface area contributed by atoms with Gasteiger partial charge in [0.05, 0.1) is 32.0 Å². The van der Waals surface area contributed by atoms with Gasteiger partial charge in [-0.05, 0) is 61.7 Å². The van der Waals surface area contributed by atoms with Gasteiger partial charge in [-0.1, -0.05) is 37.3 Å². The fraction of sp³-hybridized carbons (Fsp3) is 0.415. The van der Waals surface area contributed by atoms with Crippen LogP contribution in [0.15, 0.2) is 54.6 Å². The van der Waals surface area contributed by atoms with Crippen molar-refractivity contribution >= 4 is 5.69 Å². The first-order valence-corrected chi connectivity index (χ1v) is 18.3. The van der Waals surface area contributed by atoms with E-state index in [0.717, 1.165) is 34.4 Å². The van der Waals surface area contributed by atoms with Crippen molar-refractivity contribution in [2.24, 2.45) is 5.92 Å². The number of aromatic hydroxyl groups is 1. The number of phenols is 1. The third-order valence-electron chi connectivity index (χ3n) is 10.4. The van der Waals surface area contributed by atoms with E-state index in [1.165, 1.54) is 7.11 Å². The molecule has 7 rings (SSSR count). The van der Waals surface area contributed by atoms with E-state index in [4.69, 9.17) is 23.7 Å². The Labute approximate surface area is 309 Å². The van der Waals surface area contributed by atoms with Gasteiger partial charge in [0.15, 0.2) is 17.7 Å². The molecule has 0 aromatic heterocycles. The molecule has 0 radical (unpaired) electrons. The molecule has 2 heterocycles. The van der Waals surface area contributed by atoms with Gasteiger partial charge in [0.25, 0.3) is 0 Å². The summed E-state index contributed by atoms with van der Waals surface area (Å²) >= 11 is 0. The molecule has 0 amide bonds. The largest absolute Gasteiger partial charge is 0.502 e. The van der Waals surface area contributed by atoms with E-state index in [1.54, 1.807) is 12.1 Å². The topological polar surface area (TPSA) is 163 Å². The summed E-state index contributed by atoms with van der Waals surface area (Å²) in [6.07, 6.45) is -0.165. The molecular weight excluding hydrogens is 678 g/mol. The van der Waals surface area contributed by atoms with Crippen LogP contribution in [0.5, 0.6) is 34.5 Å². The zero-order valence-electron chi connectivity index (χ0n) is 30.4. The van der Waals surface area contributed by atoms with Crippen LogP contribution < -0.4 is 39.6 Å². The summed E-state index contributed by atoms with van der Waals surface area (Å²) in [6.45, 7) is 4.34. The smallest absolute Gasteiger partial charge is 0.200 e. The molecule has 2 aliphatic heterocycles. The second kappa shape index (κ2) is 16.1. The molecule has 0 saturated carbocycles. The van der Waals surface area contributed by atoms with Crippen molar-refractivity contribution in [3.8, 4) is 45.6 Å². The number of likely N-dealkylation sites (N-methyl/N-ethyl adjacent to an activating group) is 1. The maximum Gasteiger partial charge on any atom is 0.200 e. The number of fused-ring (bicyclic) bond motifs is 2. The van der Waals surface area contributed by atoms with Gasteiger partial charge >= 0.3 is 0 Å². The Balaban J connectivity index is 1.24. The molecule has 12 nitrogen and oxygen atoms in total. The number of rotatable bonds is 16. The van der Waals surface area contributed by atoms with Crippen LogP contribution in [0.1, 0.15) is 58.6 Å². The molecular formula is C41H49N3O9. The number of hydrogen-bond donors (Lipinski definition) is 7. The number of nitrogens with one attached hydrogen (secondary N) is 3. The minimum atomic E-state index is -1.04. The lowest BCUT2D eigenvalue weighted by Gasteiger charge is -2.39. The molecule has 53 heavy (non-hydrogen) atoms. The third kappa shape index (κ3) is 7.17. The Morgan fingerprint density at radius 3 is 2.47 bits per heavy atom. The van der Waals surface area contributed by atoms with E-state index in [1.807, 2.05) is 56.4 Å². The monoisotopic (exact) mass is 727 g/mol. The maximum absolute atomic E-state index is 12.3. The predicted molar refractivity (Wildman–Crippen MR) is 201 cm³/mol. The number of benzene rings is 4. The molecule has 0 saturated heterocycles. The van der Waals surface area contributed by atoms with Crippen molar-refractivity contribution in [1.29, 1.82) is 0 Å². The molecule has 4 aromatic rings. The molecule has 282 valence electrons. The van der Waals surface area contributed by atoms with Crippen LogP contribution in [0.3, 0.4) is 0 Å². The number of hydrogen-bond acceptors (Lipinski definition) is 12. The van der Waals surface area contributed by atoms with Gasteiger partial charge in [0, 0.05) is 65.1 Å². The number of anilines is 1. The summed E-state index contributed by atoms with van der Waals surface area (Å²) in [7, 11) is 3.35. The molecule has 0 unspecified atom stereocenters. The maximum atomic E-state index is 12.3. The summed E-state index contributed by atoms with van der Waals surface area (Å²) in [5, 5.41) is 54.5. The third-order valence-corrected chi connectivity index (χ3v) is 10.4. The fourth-order valence-corrected chi connectivity index (χ4v) is 7.70. The van der Waals surface area contributed by atoms with Gasteiger partial charge in [-0.3, -0.25) is 5.32 Å². The highest BCUT2D eigenvalue weighted by Crippen LogP contribution is 2.57. The number of aliphatic hydroxyl groups excluding tert-OH is 3. The highest BCUT2D eigenvalue weighted by atomic mass is 16.5. The lowest BCUT2D eigenvalue weighted by Crippen LogP contribution is -2.29. The van der Waals surface area contributed by atoms with E-state index in [-0.39, 0.29) is 49.7 Å². The number of phenolic OH excluding ortho intramolecular Hbond substituents is 1. The van der Waals surface area contributed by atoms with Gasteiger partial charge in [-0.25, -0.2) is 0 Å². The molecule has 0 fully saturated rings. The van der Waals surface area contributed by atoms with Gasteiger partial charge in [0.2, 0.25) is 5.75 Å². The van der Waals surface area contributed by atoms with Crippen molar-refractivity contribution in [2.45, 2.75) is 44.4 Å². The zero-order chi connectivity index (χ0) is 37.1. The van der Waals surface area contributed by atoms with Gasteiger partial charge in [0.1, 0.15) is 30.6 Å². The predicted octanol–water partition coefficient (Wildman–Crippen LogP) is 4.57. The molecule has 4 aromatic carbocycles. The molecule has 3 aliphatic rings. The average molecular weight is 728 g/mol. The molecule has 7 N–H and O–H groups in total. The highest BCUT2D eigenvalue weighted by Gasteiger charge is 2.41. The van der Waals surface area contributed by atoms with Crippen molar-refractivity contribution in [1.82, 2.24) is 10.6 Å². The van der Waals surface area contributed by atoms with Crippen LogP contribution in [-0.2, 0) is 19.3 Å². The summed E-state index contributed by atoms with van der Waals surface area (Å²) in [5.74, 6) is 1.30. The zero-order valence-corrected chi connectivity index (χ0v) is 30.4. The Bertz CT molecular complexity index is 1920. The molecule has 12 heteroatoms. The lowest BCUT2D eigenvalue weighted by atomic mass is 9.74. The Hall–Kier alpha value is -4.72. The van der Waals surface area contributed by atoms with Crippen molar-refractivity contribution < 1.29 is 44.1 Å². The van der Waals surface area contributed by atoms with Crippen molar-refractivity contribution in [3.05, 3.63) is 88.0 Å². The van der Waals surface area contributed by atoms with Crippen molar-refractivity contribution in [3.63, 3.8) is 0 Å². The summed E-state index contributed by atoms with van der Waals surface area (Å²) < 4.78 is 30.5. The van der Waals surface area contributed by atoms with E-state index < -0.39 is 18.2 Å². The quantitative estimate of drug-likeness (QED) is 0.0637. The van der Waals surface area contributed by atoms with E-state index in [0.29, 0.717) is 72.0 Å². The highest BCUT2D eigenvalue weighted by molar-refractivity contribution is 5.93. The van der Waals surface area contributed by atoms with E-state index in [2.05, 4.69) is 16.0 Å². The second-order valence-corrected chi connectivity index (χ2v) is 13.7. The Morgan fingerprint density at radius 1 is 0.925 bits per heavy atom. The minimum Gasteiger partial charge on any atom is -0.502 e. The van der Waals surface area contributed by atoms with Gasteiger partial charge < -0.3 is 54.7 Å². The molecule has 4 atom stereocenters. The summed E-state index contributed by atoms with van der Waals surface area (Å²) in [5.41, 5.74) is 7.45. The second-order valence-electron chi connectivity index (χ2n) is 13.7. The molecule has 0 spiro atoms. The molecule has 0 bridgehead atoms. The first-order chi connectivity index (χ1) is 25.9. The van der Waals surface area contributed by atoms with Crippen LogP contribution in [0, 0.1) is 5.92 Å². The summed E-state index contributed by atoms with van der Waals surface area (Å²) in [6, 6.07) is 17.0. The number of methoxy groups -OCH3 is 1. The van der Waals surface area contributed by atoms with Crippen LogP contribution in [0.4, 0.5) is 5.69 Å². The van der Waals surface area contributed by atoms with E-state index >= 15 is 0 Å².